The highest BCUT2D eigenvalue weighted by Crippen LogP contribution is 2.27. The summed E-state index contributed by atoms with van der Waals surface area (Å²) in [4.78, 5) is 26.1. The Labute approximate surface area is 142 Å². The number of carbonyl (C=O) groups is 2. The molecule has 6 heteroatoms. The van der Waals surface area contributed by atoms with Gasteiger partial charge in [0.15, 0.2) is 0 Å². The molecule has 132 valence electrons. The third-order valence-corrected chi connectivity index (χ3v) is 4.00. The second-order valence-corrected chi connectivity index (χ2v) is 7.36. The first-order valence-electron chi connectivity index (χ1n) is 8.13. The van der Waals surface area contributed by atoms with Crippen LogP contribution in [-0.2, 0) is 4.74 Å². The second-order valence-electron chi connectivity index (χ2n) is 7.36. The molecule has 0 atom stereocenters. The van der Waals surface area contributed by atoms with Crippen molar-refractivity contribution in [2.24, 2.45) is 0 Å². The molecule has 1 aromatic carbocycles. The van der Waals surface area contributed by atoms with Crippen molar-refractivity contribution in [3.05, 3.63) is 35.4 Å². The Balaban J connectivity index is 2.03. The summed E-state index contributed by atoms with van der Waals surface area (Å²) in [7, 11) is 0. The van der Waals surface area contributed by atoms with E-state index in [2.05, 4.69) is 5.32 Å². The van der Waals surface area contributed by atoms with Crippen molar-refractivity contribution in [1.29, 1.82) is 0 Å². The van der Waals surface area contributed by atoms with Crippen LogP contribution in [0.1, 0.15) is 43.1 Å². The normalized spacial score (nSPS) is 16.3. The number of nitrogens with zero attached hydrogens (tertiary/aromatic N) is 1. The van der Waals surface area contributed by atoms with Crippen LogP contribution in [0.2, 0.25) is 0 Å². The fraction of sp³-hybridized carbons (Fsp3) is 0.556. The standard InChI is InChI=1S/C18H26N2O4/c1-13-7-5-6-8-14(13)15(22)19-18(9-10-21)11-20(12-18)16(23)24-17(2,3)4/h5-8,21H,9-12H2,1-4H3,(H,19,22). The summed E-state index contributed by atoms with van der Waals surface area (Å²) in [5.74, 6) is -0.189. The van der Waals surface area contributed by atoms with Crippen molar-refractivity contribution in [3.8, 4) is 0 Å². The minimum Gasteiger partial charge on any atom is -0.444 e. The van der Waals surface area contributed by atoms with Crippen molar-refractivity contribution < 1.29 is 19.4 Å². The van der Waals surface area contributed by atoms with Gasteiger partial charge in [0.1, 0.15) is 5.60 Å². The van der Waals surface area contributed by atoms with Gasteiger partial charge in [-0.15, -0.1) is 0 Å². The molecule has 2 amide bonds. The van der Waals surface area contributed by atoms with E-state index in [-0.39, 0.29) is 12.5 Å². The predicted molar refractivity (Wildman–Crippen MR) is 90.9 cm³/mol. The Morgan fingerprint density at radius 2 is 1.92 bits per heavy atom. The van der Waals surface area contributed by atoms with Crippen molar-refractivity contribution in [3.63, 3.8) is 0 Å². The van der Waals surface area contributed by atoms with Gasteiger partial charge in [0.2, 0.25) is 0 Å². The van der Waals surface area contributed by atoms with Crippen LogP contribution in [0, 0.1) is 6.92 Å². The number of likely N-dealkylation sites (tertiary alicyclic amines) is 1. The third kappa shape index (κ3) is 4.26. The molecule has 0 bridgehead atoms. The molecule has 1 aromatic rings. The molecule has 0 spiro atoms. The molecule has 6 nitrogen and oxygen atoms in total. The zero-order valence-electron chi connectivity index (χ0n) is 14.8. The molecule has 1 aliphatic heterocycles. The second kappa shape index (κ2) is 6.81. The molecule has 0 unspecified atom stereocenters. The summed E-state index contributed by atoms with van der Waals surface area (Å²) >= 11 is 0. The quantitative estimate of drug-likeness (QED) is 0.884. The first-order valence-corrected chi connectivity index (χ1v) is 8.13. The van der Waals surface area contributed by atoms with E-state index in [4.69, 9.17) is 4.74 Å². The fourth-order valence-corrected chi connectivity index (χ4v) is 2.79. The average Bonchev–Trinajstić information content (AvgIpc) is 2.42. The van der Waals surface area contributed by atoms with Gasteiger partial charge in [0.05, 0.1) is 5.54 Å². The van der Waals surface area contributed by atoms with Gasteiger partial charge >= 0.3 is 6.09 Å². The van der Waals surface area contributed by atoms with E-state index in [1.54, 1.807) is 11.0 Å². The summed E-state index contributed by atoms with van der Waals surface area (Å²) in [6.07, 6.45) is -0.00888. The molecular weight excluding hydrogens is 308 g/mol. The highest BCUT2D eigenvalue weighted by atomic mass is 16.6. The minimum absolute atomic E-state index is 0.0593. The first-order chi connectivity index (χ1) is 11.2. The number of ether oxygens (including phenoxy) is 1. The molecule has 2 rings (SSSR count). The van der Waals surface area contributed by atoms with Crippen LogP contribution >= 0.6 is 0 Å². The zero-order valence-corrected chi connectivity index (χ0v) is 14.8. The van der Waals surface area contributed by atoms with Crippen LogP contribution in [0.3, 0.4) is 0 Å². The van der Waals surface area contributed by atoms with E-state index >= 15 is 0 Å². The number of rotatable bonds is 4. The zero-order chi connectivity index (χ0) is 18.0. The van der Waals surface area contributed by atoms with E-state index in [1.807, 2.05) is 45.9 Å². The molecule has 0 aliphatic carbocycles. The molecule has 0 aromatic heterocycles. The number of amides is 2. The monoisotopic (exact) mass is 334 g/mol. The summed E-state index contributed by atoms with van der Waals surface area (Å²) in [6, 6.07) is 7.33. The Hall–Kier alpha value is -2.08. The van der Waals surface area contributed by atoms with Gasteiger partial charge in [-0.25, -0.2) is 4.79 Å². The third-order valence-electron chi connectivity index (χ3n) is 4.00. The van der Waals surface area contributed by atoms with Gasteiger partial charge in [-0.1, -0.05) is 18.2 Å². The smallest absolute Gasteiger partial charge is 0.410 e. The number of aliphatic hydroxyl groups is 1. The maximum absolute atomic E-state index is 12.5. The van der Waals surface area contributed by atoms with E-state index in [9.17, 15) is 14.7 Å². The molecule has 1 heterocycles. The number of nitrogens with one attached hydrogen (secondary N) is 1. The maximum Gasteiger partial charge on any atom is 0.410 e. The lowest BCUT2D eigenvalue weighted by Crippen LogP contribution is -2.71. The first kappa shape index (κ1) is 18.3. The summed E-state index contributed by atoms with van der Waals surface area (Å²) < 4.78 is 5.33. The number of hydrogen-bond donors (Lipinski definition) is 2. The fourth-order valence-electron chi connectivity index (χ4n) is 2.79. The molecular formula is C18H26N2O4. The topological polar surface area (TPSA) is 78.9 Å². The minimum atomic E-state index is -0.606. The predicted octanol–water partition coefficient (Wildman–Crippen LogP) is 2.10. The molecule has 0 radical (unpaired) electrons. The SMILES string of the molecule is Cc1ccccc1C(=O)NC1(CCO)CN(C(=O)OC(C)(C)C)C1. The number of aliphatic hydroxyl groups excluding tert-OH is 1. The van der Waals surface area contributed by atoms with Gasteiger partial charge in [-0.3, -0.25) is 4.79 Å². The van der Waals surface area contributed by atoms with Crippen molar-refractivity contribution in [2.75, 3.05) is 19.7 Å². The van der Waals surface area contributed by atoms with Crippen molar-refractivity contribution >= 4 is 12.0 Å². The highest BCUT2D eigenvalue weighted by Gasteiger charge is 2.47. The number of benzene rings is 1. The van der Waals surface area contributed by atoms with Crippen molar-refractivity contribution in [2.45, 2.75) is 45.3 Å². The number of carbonyl (C=O) groups excluding carboxylic acids is 2. The average molecular weight is 334 g/mol. The summed E-state index contributed by atoms with van der Waals surface area (Å²) in [5.41, 5.74) is 0.324. The molecule has 0 saturated carbocycles. The van der Waals surface area contributed by atoms with Gasteiger partial charge in [-0.05, 0) is 45.7 Å². The van der Waals surface area contributed by atoms with Crippen LogP contribution < -0.4 is 5.32 Å². The van der Waals surface area contributed by atoms with E-state index in [1.165, 1.54) is 0 Å². The van der Waals surface area contributed by atoms with Crippen LogP contribution in [0.5, 0.6) is 0 Å². The van der Waals surface area contributed by atoms with Crippen LogP contribution in [0.4, 0.5) is 4.79 Å². The lowest BCUT2D eigenvalue weighted by molar-refractivity contribution is -0.0209. The lowest BCUT2D eigenvalue weighted by Gasteiger charge is -2.50. The van der Waals surface area contributed by atoms with Crippen LogP contribution in [0.25, 0.3) is 0 Å². The van der Waals surface area contributed by atoms with Crippen LogP contribution in [-0.4, -0.2) is 52.8 Å². The van der Waals surface area contributed by atoms with Gasteiger partial charge in [0, 0.05) is 25.3 Å². The largest absolute Gasteiger partial charge is 0.444 e. The highest BCUT2D eigenvalue weighted by molar-refractivity contribution is 5.96. The molecule has 1 saturated heterocycles. The van der Waals surface area contributed by atoms with E-state index in [0.717, 1.165) is 5.56 Å². The number of aryl methyl sites for hydroxylation is 1. The molecule has 1 fully saturated rings. The van der Waals surface area contributed by atoms with E-state index < -0.39 is 17.2 Å². The molecule has 24 heavy (non-hydrogen) atoms. The Morgan fingerprint density at radius 3 is 2.46 bits per heavy atom. The maximum atomic E-state index is 12.5. The van der Waals surface area contributed by atoms with Gasteiger partial charge in [-0.2, -0.15) is 0 Å². The number of hydrogen-bond acceptors (Lipinski definition) is 4. The molecule has 2 N–H and O–H groups in total. The summed E-state index contributed by atoms with van der Waals surface area (Å²) in [6.45, 7) is 7.92. The van der Waals surface area contributed by atoms with E-state index in [0.29, 0.717) is 25.1 Å². The lowest BCUT2D eigenvalue weighted by atomic mass is 9.86. The van der Waals surface area contributed by atoms with Crippen molar-refractivity contribution in [1.82, 2.24) is 10.2 Å². The Bertz CT molecular complexity index is 616. The van der Waals surface area contributed by atoms with Gasteiger partial charge in [0.25, 0.3) is 5.91 Å². The Morgan fingerprint density at radius 1 is 1.29 bits per heavy atom. The van der Waals surface area contributed by atoms with Gasteiger partial charge < -0.3 is 20.1 Å². The Kier molecular flexibility index (Phi) is 5.18. The molecule has 1 aliphatic rings. The summed E-state index contributed by atoms with van der Waals surface area (Å²) in [5, 5.41) is 12.3. The van der Waals surface area contributed by atoms with Crippen LogP contribution in [0.15, 0.2) is 24.3 Å².